The normalized spacial score (nSPS) is 26.9. The molecule has 0 aliphatic carbocycles. The highest BCUT2D eigenvalue weighted by atomic mass is 35.5. The maximum Gasteiger partial charge on any atom is 0.330 e. The maximum atomic E-state index is 11.7. The monoisotopic (exact) mass is 306 g/mol. The number of nitrogens with one attached hydrogen (secondary N) is 1. The Morgan fingerprint density at radius 3 is 3.05 bits per heavy atom. The lowest BCUT2D eigenvalue weighted by molar-refractivity contribution is -0.0280. The van der Waals surface area contributed by atoms with Gasteiger partial charge in [0.25, 0.3) is 5.56 Å². The van der Waals surface area contributed by atoms with Crippen molar-refractivity contribution < 1.29 is 13.8 Å². The first-order valence-electron chi connectivity index (χ1n) is 5.64. The van der Waals surface area contributed by atoms with E-state index in [1.165, 1.54) is 10.8 Å². The quantitative estimate of drug-likeness (QED) is 0.848. The zero-order valence-electron chi connectivity index (χ0n) is 10.0. The molecule has 104 valence electrons. The van der Waals surface area contributed by atoms with Crippen LogP contribution in [0.15, 0.2) is 15.8 Å². The van der Waals surface area contributed by atoms with Crippen LogP contribution in [-0.4, -0.2) is 22.3 Å². The summed E-state index contributed by atoms with van der Waals surface area (Å²) in [5.74, 6) is 0.0385. The Morgan fingerprint density at radius 2 is 2.37 bits per heavy atom. The van der Waals surface area contributed by atoms with E-state index in [1.807, 2.05) is 6.92 Å². The molecule has 19 heavy (non-hydrogen) atoms. The van der Waals surface area contributed by atoms with Crippen molar-refractivity contribution in [1.82, 2.24) is 9.55 Å². The number of hydrogen-bond donors (Lipinski definition) is 1. The van der Waals surface area contributed by atoms with E-state index < -0.39 is 26.2 Å². The van der Waals surface area contributed by atoms with Gasteiger partial charge >= 0.3 is 14.4 Å². The van der Waals surface area contributed by atoms with Crippen molar-refractivity contribution >= 4 is 20.3 Å². The molecule has 0 saturated carbocycles. The Hall–Kier alpha value is -1.01. The Kier molecular flexibility index (Phi) is 4.52. The molecular weight excluding hydrogens is 295 g/mol. The van der Waals surface area contributed by atoms with Crippen LogP contribution in [0.2, 0.25) is 5.02 Å². The summed E-state index contributed by atoms with van der Waals surface area (Å²) in [5, 5.41) is -0.0758. The molecule has 2 rings (SSSR count). The largest absolute Gasteiger partial charge is 0.352 e. The minimum Gasteiger partial charge on any atom is -0.352 e. The van der Waals surface area contributed by atoms with Crippen molar-refractivity contribution in [1.29, 1.82) is 0 Å². The van der Waals surface area contributed by atoms with Crippen LogP contribution < -0.4 is 11.2 Å². The van der Waals surface area contributed by atoms with Gasteiger partial charge in [-0.25, -0.2) is 9.36 Å². The molecule has 3 unspecified atom stereocenters. The van der Waals surface area contributed by atoms with Crippen LogP contribution in [0.25, 0.3) is 0 Å². The number of rotatable bonds is 4. The minimum absolute atomic E-state index is 0.0385. The van der Waals surface area contributed by atoms with E-state index in [0.717, 1.165) is 0 Å². The second kappa shape index (κ2) is 5.96. The fourth-order valence-electron chi connectivity index (χ4n) is 2.13. The summed E-state index contributed by atoms with van der Waals surface area (Å²) < 4.78 is 21.9. The molecule has 0 amide bonds. The van der Waals surface area contributed by atoms with E-state index in [4.69, 9.17) is 20.9 Å². The second-order valence-electron chi connectivity index (χ2n) is 4.38. The van der Waals surface area contributed by atoms with E-state index in [0.29, 0.717) is 6.42 Å². The lowest BCUT2D eigenvalue weighted by atomic mass is 10.1. The molecule has 0 aromatic carbocycles. The fraction of sp³-hybridized carbons (Fsp3) is 0.600. The Balaban J connectivity index is 2.23. The summed E-state index contributed by atoms with van der Waals surface area (Å²) in [6.07, 6.45) is 1.14. The number of H-pyrrole nitrogens is 1. The maximum absolute atomic E-state index is 11.7. The Bertz CT molecular complexity index is 586. The predicted molar refractivity (Wildman–Crippen MR) is 67.6 cm³/mol. The van der Waals surface area contributed by atoms with Crippen LogP contribution in [0, 0.1) is 5.92 Å². The first kappa shape index (κ1) is 14.4. The molecular formula is C10H12ClN2O5P. The lowest BCUT2D eigenvalue weighted by Crippen LogP contribution is -2.34. The van der Waals surface area contributed by atoms with Gasteiger partial charge in [-0.15, -0.1) is 0 Å². The van der Waals surface area contributed by atoms with Crippen molar-refractivity contribution in [2.45, 2.75) is 25.7 Å². The smallest absolute Gasteiger partial charge is 0.330 e. The van der Waals surface area contributed by atoms with E-state index in [9.17, 15) is 14.2 Å². The molecule has 1 aliphatic rings. The van der Waals surface area contributed by atoms with Gasteiger partial charge in [-0.1, -0.05) is 18.5 Å². The lowest BCUT2D eigenvalue weighted by Gasteiger charge is -2.17. The molecule has 1 aromatic rings. The third kappa shape index (κ3) is 3.12. The van der Waals surface area contributed by atoms with Gasteiger partial charge in [0.1, 0.15) is 11.3 Å². The molecule has 0 bridgehead atoms. The molecule has 1 fully saturated rings. The molecule has 9 heteroatoms. The standard InChI is InChI=1S/C10H12ClN2O5P/c1-5-2-6(4-17-19-16)18-9(5)13-3-7(11)8(14)12-10(13)15/h3,5-6,9H,2,4H2,1H3,(H,12,14,15). The molecule has 1 aromatic heterocycles. The summed E-state index contributed by atoms with van der Waals surface area (Å²) in [4.78, 5) is 25.0. The van der Waals surface area contributed by atoms with Crippen LogP contribution in [0.4, 0.5) is 0 Å². The number of ether oxygens (including phenoxy) is 1. The topological polar surface area (TPSA) is 90.4 Å². The average molecular weight is 307 g/mol. The van der Waals surface area contributed by atoms with Gasteiger partial charge in [-0.2, -0.15) is 0 Å². The third-order valence-corrected chi connectivity index (χ3v) is 3.49. The third-order valence-electron chi connectivity index (χ3n) is 2.96. The summed E-state index contributed by atoms with van der Waals surface area (Å²) in [5.41, 5.74) is -1.20. The van der Waals surface area contributed by atoms with E-state index >= 15 is 0 Å². The molecule has 1 N–H and O–H groups in total. The van der Waals surface area contributed by atoms with Crippen molar-refractivity contribution in [3.05, 3.63) is 32.1 Å². The predicted octanol–water partition coefficient (Wildman–Crippen LogP) is 1.34. The van der Waals surface area contributed by atoms with Crippen molar-refractivity contribution in [2.75, 3.05) is 6.61 Å². The highest BCUT2D eigenvalue weighted by Gasteiger charge is 2.34. The summed E-state index contributed by atoms with van der Waals surface area (Å²) in [7, 11) is -0.405. The summed E-state index contributed by atoms with van der Waals surface area (Å²) >= 11 is 5.71. The average Bonchev–Trinajstić information content (AvgIpc) is 2.72. The van der Waals surface area contributed by atoms with Crippen LogP contribution in [0.3, 0.4) is 0 Å². The number of halogens is 1. The van der Waals surface area contributed by atoms with Gasteiger partial charge in [0.15, 0.2) is 0 Å². The second-order valence-corrected chi connectivity index (χ2v) is 5.19. The van der Waals surface area contributed by atoms with Gasteiger partial charge < -0.3 is 4.74 Å². The van der Waals surface area contributed by atoms with Crippen LogP contribution in [-0.2, 0) is 13.8 Å². The number of aromatic amines is 1. The zero-order valence-corrected chi connectivity index (χ0v) is 11.7. The highest BCUT2D eigenvalue weighted by molar-refractivity contribution is 7.17. The van der Waals surface area contributed by atoms with E-state index in [1.54, 1.807) is 0 Å². The summed E-state index contributed by atoms with van der Waals surface area (Å²) in [6.45, 7) is 2.09. The van der Waals surface area contributed by atoms with Gasteiger partial charge in [-0.05, 0) is 6.42 Å². The van der Waals surface area contributed by atoms with E-state index in [2.05, 4.69) is 4.98 Å². The number of nitrogens with zero attached hydrogens (tertiary/aromatic N) is 1. The molecule has 0 radical (unpaired) electrons. The minimum atomic E-state index is -0.626. The van der Waals surface area contributed by atoms with Crippen molar-refractivity contribution in [3.8, 4) is 0 Å². The van der Waals surface area contributed by atoms with Gasteiger partial charge in [0.05, 0.1) is 12.7 Å². The van der Waals surface area contributed by atoms with Crippen molar-refractivity contribution in [3.63, 3.8) is 0 Å². The van der Waals surface area contributed by atoms with E-state index in [-0.39, 0.29) is 23.7 Å². The summed E-state index contributed by atoms with van der Waals surface area (Å²) in [6, 6.07) is 0. The molecule has 1 saturated heterocycles. The number of aromatic nitrogens is 2. The van der Waals surface area contributed by atoms with Gasteiger partial charge in [0, 0.05) is 12.1 Å². The number of hydrogen-bond acceptors (Lipinski definition) is 5. The molecule has 1 aliphatic heterocycles. The molecule has 7 nitrogen and oxygen atoms in total. The highest BCUT2D eigenvalue weighted by Crippen LogP contribution is 2.33. The van der Waals surface area contributed by atoms with Gasteiger partial charge in [-0.3, -0.25) is 18.9 Å². The SMILES string of the molecule is CC1CC(COP=O)OC1n1cc(Cl)c(=O)[nH]c1=O. The first-order chi connectivity index (χ1) is 9.02. The van der Waals surface area contributed by atoms with Crippen LogP contribution >= 0.6 is 20.3 Å². The zero-order chi connectivity index (χ0) is 14.0. The van der Waals surface area contributed by atoms with Crippen LogP contribution in [0.5, 0.6) is 0 Å². The Labute approximate surface area is 114 Å². The van der Waals surface area contributed by atoms with Gasteiger partial charge in [0.2, 0.25) is 0 Å². The first-order valence-corrected chi connectivity index (χ1v) is 6.74. The molecule has 3 atom stereocenters. The fourth-order valence-corrected chi connectivity index (χ4v) is 2.51. The van der Waals surface area contributed by atoms with Crippen LogP contribution in [0.1, 0.15) is 19.6 Å². The molecule has 0 spiro atoms. The van der Waals surface area contributed by atoms with Crippen molar-refractivity contribution in [2.24, 2.45) is 5.92 Å². The Morgan fingerprint density at radius 1 is 1.63 bits per heavy atom. The molecule has 2 heterocycles.